The van der Waals surface area contributed by atoms with Crippen molar-refractivity contribution in [2.45, 2.75) is 25.2 Å². The lowest BCUT2D eigenvalue weighted by Gasteiger charge is -2.07. The van der Waals surface area contributed by atoms with E-state index in [2.05, 4.69) is 32.0 Å². The largest absolute Gasteiger partial charge is 0.294 e. The van der Waals surface area contributed by atoms with Gasteiger partial charge in [0.05, 0.1) is 0 Å². The van der Waals surface area contributed by atoms with Gasteiger partial charge in [0.2, 0.25) is 0 Å². The average molecular weight is 270 g/mol. The molecule has 2 heteroatoms. The van der Waals surface area contributed by atoms with Crippen LogP contribution in [-0.2, 0) is 6.42 Å². The van der Waals surface area contributed by atoms with E-state index < -0.39 is 0 Å². The summed E-state index contributed by atoms with van der Waals surface area (Å²) in [7, 11) is 0. The highest BCUT2D eigenvalue weighted by atomic mass is 32.2. The quantitative estimate of drug-likeness (QED) is 0.603. The Morgan fingerprint density at radius 3 is 2.32 bits per heavy atom. The Morgan fingerprint density at radius 1 is 1.05 bits per heavy atom. The predicted molar refractivity (Wildman–Crippen MR) is 82.2 cm³/mol. The summed E-state index contributed by atoms with van der Waals surface area (Å²) in [5, 5.41) is 0. The number of benzene rings is 2. The number of hydrogen-bond acceptors (Lipinski definition) is 2. The van der Waals surface area contributed by atoms with Crippen molar-refractivity contribution in [1.29, 1.82) is 0 Å². The fraction of sp³-hybridized carbons (Fsp3) is 0.235. The van der Waals surface area contributed by atoms with Crippen LogP contribution in [0.1, 0.15) is 27.0 Å². The molecule has 0 spiro atoms. The van der Waals surface area contributed by atoms with Gasteiger partial charge in [0.25, 0.3) is 0 Å². The van der Waals surface area contributed by atoms with Gasteiger partial charge in [-0.2, -0.15) is 0 Å². The van der Waals surface area contributed by atoms with Gasteiger partial charge in [0.15, 0.2) is 5.78 Å². The SMILES string of the molecule is CSc1ccccc1C(=O)Cc1cc(C)cc(C)c1. The molecule has 0 saturated carbocycles. The fourth-order valence-electron chi connectivity index (χ4n) is 2.33. The van der Waals surface area contributed by atoms with Crippen molar-refractivity contribution in [1.82, 2.24) is 0 Å². The van der Waals surface area contributed by atoms with E-state index in [9.17, 15) is 4.79 Å². The molecule has 0 bridgehead atoms. The molecule has 0 aliphatic rings. The van der Waals surface area contributed by atoms with Crippen LogP contribution in [0.25, 0.3) is 0 Å². The molecule has 0 atom stereocenters. The van der Waals surface area contributed by atoms with Crippen LogP contribution in [0.2, 0.25) is 0 Å². The Morgan fingerprint density at radius 2 is 1.68 bits per heavy atom. The molecule has 2 aromatic carbocycles. The third-order valence-corrected chi connectivity index (χ3v) is 3.85. The number of Topliss-reactive ketones (excluding diaryl/α,β-unsaturated/α-hetero) is 1. The number of rotatable bonds is 4. The summed E-state index contributed by atoms with van der Waals surface area (Å²) in [5.41, 5.74) is 4.34. The van der Waals surface area contributed by atoms with Crippen molar-refractivity contribution in [3.63, 3.8) is 0 Å². The Bertz CT molecular complexity index is 582. The van der Waals surface area contributed by atoms with Crippen LogP contribution in [0.5, 0.6) is 0 Å². The van der Waals surface area contributed by atoms with Crippen molar-refractivity contribution >= 4 is 17.5 Å². The van der Waals surface area contributed by atoms with Crippen molar-refractivity contribution in [3.05, 3.63) is 64.7 Å². The molecular weight excluding hydrogens is 252 g/mol. The summed E-state index contributed by atoms with van der Waals surface area (Å²) in [6.45, 7) is 4.13. The van der Waals surface area contributed by atoms with Crippen LogP contribution in [-0.4, -0.2) is 12.0 Å². The van der Waals surface area contributed by atoms with Crippen LogP contribution in [0.15, 0.2) is 47.4 Å². The first-order chi connectivity index (χ1) is 9.10. The Hall–Kier alpha value is -1.54. The van der Waals surface area contributed by atoms with Gasteiger partial charge >= 0.3 is 0 Å². The normalized spacial score (nSPS) is 10.5. The summed E-state index contributed by atoms with van der Waals surface area (Å²) >= 11 is 1.62. The second-order valence-electron chi connectivity index (χ2n) is 4.80. The second kappa shape index (κ2) is 6.07. The minimum Gasteiger partial charge on any atom is -0.294 e. The van der Waals surface area contributed by atoms with Gasteiger partial charge in [-0.1, -0.05) is 47.5 Å². The molecule has 0 aromatic heterocycles. The van der Waals surface area contributed by atoms with Crippen molar-refractivity contribution in [2.75, 3.05) is 6.26 Å². The van der Waals surface area contributed by atoms with E-state index in [1.807, 2.05) is 30.5 Å². The first-order valence-electron chi connectivity index (χ1n) is 6.33. The van der Waals surface area contributed by atoms with E-state index in [0.29, 0.717) is 6.42 Å². The van der Waals surface area contributed by atoms with Gasteiger partial charge in [0, 0.05) is 16.9 Å². The molecule has 2 rings (SSSR count). The lowest BCUT2D eigenvalue weighted by Crippen LogP contribution is -2.05. The maximum Gasteiger partial charge on any atom is 0.168 e. The Labute approximate surface area is 119 Å². The maximum absolute atomic E-state index is 12.4. The summed E-state index contributed by atoms with van der Waals surface area (Å²) in [5.74, 6) is 0.190. The molecule has 0 N–H and O–H groups in total. The van der Waals surface area contributed by atoms with Crippen LogP contribution in [0, 0.1) is 13.8 Å². The van der Waals surface area contributed by atoms with Crippen LogP contribution >= 0.6 is 11.8 Å². The summed E-state index contributed by atoms with van der Waals surface area (Å²) in [4.78, 5) is 13.5. The van der Waals surface area contributed by atoms with E-state index >= 15 is 0 Å². The van der Waals surface area contributed by atoms with Crippen LogP contribution in [0.3, 0.4) is 0 Å². The number of ketones is 1. The van der Waals surface area contributed by atoms with E-state index in [1.165, 1.54) is 11.1 Å². The zero-order chi connectivity index (χ0) is 13.8. The number of carbonyl (C=O) groups is 1. The molecule has 19 heavy (non-hydrogen) atoms. The molecule has 0 fully saturated rings. The summed E-state index contributed by atoms with van der Waals surface area (Å²) in [6, 6.07) is 14.1. The fourth-order valence-corrected chi connectivity index (χ4v) is 2.94. The standard InChI is InChI=1S/C17H18OS/c1-12-8-13(2)10-14(9-12)11-16(18)15-6-4-5-7-17(15)19-3/h4-10H,11H2,1-3H3. The lowest BCUT2D eigenvalue weighted by molar-refractivity contribution is 0.0990. The molecule has 0 aliphatic heterocycles. The van der Waals surface area contributed by atoms with Gasteiger partial charge in [-0.15, -0.1) is 11.8 Å². The molecule has 98 valence electrons. The lowest BCUT2D eigenvalue weighted by atomic mass is 10.00. The van der Waals surface area contributed by atoms with Gasteiger partial charge in [0.1, 0.15) is 0 Å². The maximum atomic E-state index is 12.4. The van der Waals surface area contributed by atoms with E-state index in [0.717, 1.165) is 16.0 Å². The molecular formula is C17H18OS. The van der Waals surface area contributed by atoms with Crippen molar-refractivity contribution in [3.8, 4) is 0 Å². The molecule has 2 aromatic rings. The smallest absolute Gasteiger partial charge is 0.168 e. The summed E-state index contributed by atoms with van der Waals surface area (Å²) < 4.78 is 0. The zero-order valence-electron chi connectivity index (χ0n) is 11.6. The first-order valence-corrected chi connectivity index (χ1v) is 7.56. The van der Waals surface area contributed by atoms with Crippen molar-refractivity contribution < 1.29 is 4.79 Å². The van der Waals surface area contributed by atoms with Gasteiger partial charge in [-0.05, 0) is 31.7 Å². The molecule has 0 aliphatic carbocycles. The third kappa shape index (κ3) is 3.48. The van der Waals surface area contributed by atoms with E-state index in [-0.39, 0.29) is 5.78 Å². The monoisotopic (exact) mass is 270 g/mol. The van der Waals surface area contributed by atoms with Gasteiger partial charge in [-0.25, -0.2) is 0 Å². The number of aryl methyl sites for hydroxylation is 2. The first kappa shape index (κ1) is 13.9. The minimum absolute atomic E-state index is 0.190. The highest BCUT2D eigenvalue weighted by molar-refractivity contribution is 7.98. The Balaban J connectivity index is 2.25. The highest BCUT2D eigenvalue weighted by Crippen LogP contribution is 2.22. The second-order valence-corrected chi connectivity index (χ2v) is 5.64. The third-order valence-electron chi connectivity index (χ3n) is 3.05. The van der Waals surface area contributed by atoms with Gasteiger partial charge in [-0.3, -0.25) is 4.79 Å². The molecule has 1 nitrogen and oxygen atoms in total. The van der Waals surface area contributed by atoms with E-state index in [4.69, 9.17) is 0 Å². The molecule has 0 saturated heterocycles. The van der Waals surface area contributed by atoms with E-state index in [1.54, 1.807) is 11.8 Å². The van der Waals surface area contributed by atoms with Crippen LogP contribution in [0.4, 0.5) is 0 Å². The molecule has 0 radical (unpaired) electrons. The number of hydrogen-bond donors (Lipinski definition) is 0. The average Bonchev–Trinajstić information content (AvgIpc) is 2.37. The molecule has 0 unspecified atom stereocenters. The zero-order valence-corrected chi connectivity index (χ0v) is 12.4. The summed E-state index contributed by atoms with van der Waals surface area (Å²) in [6.07, 6.45) is 2.48. The minimum atomic E-state index is 0.190. The molecule has 0 amide bonds. The van der Waals surface area contributed by atoms with Crippen molar-refractivity contribution in [2.24, 2.45) is 0 Å². The molecule has 0 heterocycles. The van der Waals surface area contributed by atoms with Crippen LogP contribution < -0.4 is 0 Å². The topological polar surface area (TPSA) is 17.1 Å². The number of thioether (sulfide) groups is 1. The highest BCUT2D eigenvalue weighted by Gasteiger charge is 2.11. The number of carbonyl (C=O) groups excluding carboxylic acids is 1. The van der Waals surface area contributed by atoms with Gasteiger partial charge < -0.3 is 0 Å². The predicted octanol–water partition coefficient (Wildman–Crippen LogP) is 4.45. The Kier molecular flexibility index (Phi) is 4.43.